The molecule has 0 aliphatic heterocycles. The molecule has 27 heavy (non-hydrogen) atoms. The second kappa shape index (κ2) is 5.51. The van der Waals surface area contributed by atoms with E-state index in [0.717, 1.165) is 23.5 Å². The van der Waals surface area contributed by atoms with Crippen molar-refractivity contribution in [3.05, 3.63) is 65.1 Å². The minimum atomic E-state index is 0.158. The molecule has 2 atom stereocenters. The number of hydrogen-bond donors (Lipinski definition) is 0. The largest absolute Gasteiger partial charge is 0.267 e. The Balaban J connectivity index is 1.52. The van der Waals surface area contributed by atoms with Crippen molar-refractivity contribution in [3.63, 3.8) is 0 Å². The summed E-state index contributed by atoms with van der Waals surface area (Å²) >= 11 is 0. The standard InChI is InChI=1S/C23H26N4/c1-15-18(14-27(26-15)13-16-8-6-5-7-9-16)20-12-17-19-10-11-23(4,22(19,2)3)21(17)25-24-20/h5-9,12,14,19H,10-11,13H2,1-4H3/t19-,23+/m0/s1. The lowest BCUT2D eigenvalue weighted by Gasteiger charge is -2.33. The normalized spacial score (nSPS) is 25.0. The predicted molar refractivity (Wildman–Crippen MR) is 107 cm³/mol. The fraction of sp³-hybridized carbons (Fsp3) is 0.435. The third kappa shape index (κ3) is 2.25. The van der Waals surface area contributed by atoms with Crippen molar-refractivity contribution < 1.29 is 0 Å². The Morgan fingerprint density at radius 2 is 1.89 bits per heavy atom. The minimum Gasteiger partial charge on any atom is -0.267 e. The van der Waals surface area contributed by atoms with Gasteiger partial charge < -0.3 is 0 Å². The van der Waals surface area contributed by atoms with Crippen LogP contribution in [0.3, 0.4) is 0 Å². The SMILES string of the molecule is Cc1nn(Cc2ccccc2)cc1-c1cc2c(nn1)[C@@]1(C)CC[C@@H]2C1(C)C. The van der Waals surface area contributed by atoms with Crippen molar-refractivity contribution in [2.75, 3.05) is 0 Å². The van der Waals surface area contributed by atoms with Crippen LogP contribution in [0.2, 0.25) is 0 Å². The molecule has 2 aromatic heterocycles. The summed E-state index contributed by atoms with van der Waals surface area (Å²) in [6.07, 6.45) is 4.59. The summed E-state index contributed by atoms with van der Waals surface area (Å²) in [5.74, 6) is 0.589. The molecule has 138 valence electrons. The first-order valence-corrected chi connectivity index (χ1v) is 9.86. The van der Waals surface area contributed by atoms with Crippen LogP contribution in [-0.2, 0) is 12.0 Å². The predicted octanol–water partition coefficient (Wildman–Crippen LogP) is 4.87. The van der Waals surface area contributed by atoms with Gasteiger partial charge in [0.25, 0.3) is 0 Å². The van der Waals surface area contributed by atoms with Crippen molar-refractivity contribution in [2.45, 2.75) is 58.4 Å². The molecule has 0 N–H and O–H groups in total. The molecule has 2 bridgehead atoms. The van der Waals surface area contributed by atoms with E-state index in [0.29, 0.717) is 5.92 Å². The van der Waals surface area contributed by atoms with E-state index >= 15 is 0 Å². The summed E-state index contributed by atoms with van der Waals surface area (Å²) in [7, 11) is 0. The quantitative estimate of drug-likeness (QED) is 0.671. The van der Waals surface area contributed by atoms with Crippen LogP contribution in [0.1, 0.15) is 62.0 Å². The average Bonchev–Trinajstić information content (AvgIpc) is 3.18. The Morgan fingerprint density at radius 1 is 1.11 bits per heavy atom. The van der Waals surface area contributed by atoms with Crippen LogP contribution in [0.15, 0.2) is 42.6 Å². The molecule has 0 amide bonds. The Labute approximate surface area is 160 Å². The van der Waals surface area contributed by atoms with Gasteiger partial charge >= 0.3 is 0 Å². The van der Waals surface area contributed by atoms with E-state index in [4.69, 9.17) is 10.2 Å². The smallest absolute Gasteiger partial charge is 0.0967 e. The van der Waals surface area contributed by atoms with Gasteiger partial charge in [0.2, 0.25) is 0 Å². The molecule has 2 heterocycles. The second-order valence-corrected chi connectivity index (χ2v) is 8.99. The van der Waals surface area contributed by atoms with Crippen LogP contribution in [0.5, 0.6) is 0 Å². The van der Waals surface area contributed by atoms with Crippen LogP contribution < -0.4 is 0 Å². The van der Waals surface area contributed by atoms with Gasteiger partial charge in [-0.1, -0.05) is 51.1 Å². The molecule has 1 aromatic carbocycles. The first-order valence-electron chi connectivity index (χ1n) is 9.86. The topological polar surface area (TPSA) is 43.6 Å². The number of aryl methyl sites for hydroxylation is 1. The molecule has 0 saturated heterocycles. The number of benzene rings is 1. The zero-order chi connectivity index (χ0) is 18.8. The van der Waals surface area contributed by atoms with Crippen LogP contribution in [0, 0.1) is 12.3 Å². The Morgan fingerprint density at radius 3 is 2.67 bits per heavy atom. The Kier molecular flexibility index (Phi) is 3.40. The maximum atomic E-state index is 4.73. The summed E-state index contributed by atoms with van der Waals surface area (Å²) in [6.45, 7) is 10.00. The van der Waals surface area contributed by atoms with Gasteiger partial charge in [-0.25, -0.2) is 0 Å². The van der Waals surface area contributed by atoms with Gasteiger partial charge in [-0.05, 0) is 48.3 Å². The van der Waals surface area contributed by atoms with Crippen LogP contribution in [0.4, 0.5) is 0 Å². The zero-order valence-electron chi connectivity index (χ0n) is 16.5. The number of aromatic nitrogens is 4. The average molecular weight is 358 g/mol. The lowest BCUT2D eigenvalue weighted by Crippen LogP contribution is -2.32. The van der Waals surface area contributed by atoms with Gasteiger partial charge in [0, 0.05) is 17.2 Å². The highest BCUT2D eigenvalue weighted by Gasteiger charge is 2.60. The third-order valence-electron chi connectivity index (χ3n) is 7.36. The fourth-order valence-electron chi connectivity index (χ4n) is 5.32. The Hall–Kier alpha value is -2.49. The molecule has 0 unspecified atom stereocenters. The molecule has 2 aliphatic carbocycles. The maximum Gasteiger partial charge on any atom is 0.0967 e. The van der Waals surface area contributed by atoms with E-state index in [9.17, 15) is 0 Å². The lowest BCUT2D eigenvalue weighted by molar-refractivity contribution is 0.226. The molecule has 4 nitrogen and oxygen atoms in total. The number of nitrogens with zero attached hydrogens (tertiary/aromatic N) is 4. The minimum absolute atomic E-state index is 0.158. The molecular weight excluding hydrogens is 332 g/mol. The highest BCUT2D eigenvalue weighted by molar-refractivity contribution is 5.63. The van der Waals surface area contributed by atoms with Crippen molar-refractivity contribution in [1.82, 2.24) is 20.0 Å². The summed E-state index contributed by atoms with van der Waals surface area (Å²) in [5, 5.41) is 14.1. The van der Waals surface area contributed by atoms with Crippen LogP contribution >= 0.6 is 0 Å². The van der Waals surface area contributed by atoms with E-state index in [-0.39, 0.29) is 10.8 Å². The molecule has 0 radical (unpaired) electrons. The van der Waals surface area contributed by atoms with Crippen molar-refractivity contribution in [1.29, 1.82) is 0 Å². The molecule has 2 aliphatic rings. The first-order chi connectivity index (χ1) is 12.9. The number of hydrogen-bond acceptors (Lipinski definition) is 3. The van der Waals surface area contributed by atoms with Gasteiger partial charge in [0.05, 0.1) is 23.6 Å². The molecular formula is C23H26N4. The van der Waals surface area contributed by atoms with Gasteiger partial charge in [-0.15, -0.1) is 0 Å². The summed E-state index contributed by atoms with van der Waals surface area (Å²) < 4.78 is 2.01. The van der Waals surface area contributed by atoms with Crippen molar-refractivity contribution in [2.24, 2.45) is 5.41 Å². The second-order valence-electron chi connectivity index (χ2n) is 8.99. The van der Waals surface area contributed by atoms with E-state index in [1.165, 1.54) is 29.7 Å². The fourth-order valence-corrected chi connectivity index (χ4v) is 5.32. The molecule has 4 heteroatoms. The summed E-state index contributed by atoms with van der Waals surface area (Å²) in [6, 6.07) is 12.7. The highest BCUT2D eigenvalue weighted by Crippen LogP contribution is 2.67. The lowest BCUT2D eigenvalue weighted by atomic mass is 9.70. The molecule has 3 aromatic rings. The molecule has 1 fully saturated rings. The van der Waals surface area contributed by atoms with E-state index < -0.39 is 0 Å². The van der Waals surface area contributed by atoms with Crippen LogP contribution in [-0.4, -0.2) is 20.0 Å². The van der Waals surface area contributed by atoms with Crippen molar-refractivity contribution in [3.8, 4) is 11.3 Å². The summed E-state index contributed by atoms with van der Waals surface area (Å²) in [5.41, 5.74) is 7.35. The van der Waals surface area contributed by atoms with E-state index in [1.807, 2.05) is 10.7 Å². The van der Waals surface area contributed by atoms with Crippen molar-refractivity contribution >= 4 is 0 Å². The first kappa shape index (κ1) is 16.7. The molecule has 1 saturated carbocycles. The zero-order valence-corrected chi connectivity index (χ0v) is 16.5. The van der Waals surface area contributed by atoms with E-state index in [2.05, 4.69) is 69.3 Å². The highest BCUT2D eigenvalue weighted by atomic mass is 15.3. The van der Waals surface area contributed by atoms with Crippen LogP contribution in [0.25, 0.3) is 11.3 Å². The van der Waals surface area contributed by atoms with E-state index in [1.54, 1.807) is 0 Å². The third-order valence-corrected chi connectivity index (χ3v) is 7.36. The number of rotatable bonds is 3. The maximum absolute atomic E-state index is 4.73. The Bertz CT molecular complexity index is 1020. The van der Waals surface area contributed by atoms with Gasteiger partial charge in [-0.3, -0.25) is 4.68 Å². The number of fused-ring (bicyclic) bond motifs is 5. The van der Waals surface area contributed by atoms with Gasteiger partial charge in [-0.2, -0.15) is 15.3 Å². The van der Waals surface area contributed by atoms with Gasteiger partial charge in [0.15, 0.2) is 0 Å². The summed E-state index contributed by atoms with van der Waals surface area (Å²) in [4.78, 5) is 0. The van der Waals surface area contributed by atoms with Gasteiger partial charge in [0.1, 0.15) is 0 Å². The monoisotopic (exact) mass is 358 g/mol. The molecule has 0 spiro atoms. The molecule has 5 rings (SSSR count).